The minimum atomic E-state index is -4.27. The van der Waals surface area contributed by atoms with Gasteiger partial charge in [0.15, 0.2) is 0 Å². The number of hydrogen-bond acceptors (Lipinski definition) is 2. The van der Waals surface area contributed by atoms with E-state index in [2.05, 4.69) is 5.32 Å². The molecule has 0 aliphatic rings. The first-order valence-corrected chi connectivity index (χ1v) is 6.05. The smallest absolute Gasteiger partial charge is 0.308 e. The molecule has 0 radical (unpaired) electrons. The van der Waals surface area contributed by atoms with Gasteiger partial charge in [-0.1, -0.05) is 6.92 Å². The summed E-state index contributed by atoms with van der Waals surface area (Å²) in [5.74, 6) is -1.15. The Morgan fingerprint density at radius 3 is 2.56 bits per heavy atom. The van der Waals surface area contributed by atoms with Gasteiger partial charge in [-0.2, -0.15) is 13.2 Å². The van der Waals surface area contributed by atoms with Crippen LogP contribution in [0.2, 0.25) is 0 Å². The Hall–Kier alpha value is -0.820. The summed E-state index contributed by atoms with van der Waals surface area (Å²) in [4.78, 5) is 0.0938. The van der Waals surface area contributed by atoms with Crippen LogP contribution in [0.15, 0.2) is 23.1 Å². The van der Waals surface area contributed by atoms with Crippen molar-refractivity contribution >= 4 is 11.8 Å². The zero-order valence-corrected chi connectivity index (χ0v) is 10.3. The van der Waals surface area contributed by atoms with Crippen molar-refractivity contribution in [2.75, 3.05) is 13.1 Å². The van der Waals surface area contributed by atoms with Crippen molar-refractivity contribution in [2.24, 2.45) is 0 Å². The fraction of sp³-hybridized carbons (Fsp3) is 0.455. The van der Waals surface area contributed by atoms with Gasteiger partial charge in [-0.3, -0.25) is 0 Å². The van der Waals surface area contributed by atoms with Crippen LogP contribution in [0, 0.1) is 11.6 Å². The number of rotatable bonds is 5. The van der Waals surface area contributed by atoms with E-state index in [1.165, 1.54) is 0 Å². The predicted molar refractivity (Wildman–Crippen MR) is 60.6 cm³/mol. The molecule has 18 heavy (non-hydrogen) atoms. The summed E-state index contributed by atoms with van der Waals surface area (Å²) in [7, 11) is 0. The summed E-state index contributed by atoms with van der Waals surface area (Å²) < 4.78 is 61.7. The van der Waals surface area contributed by atoms with Gasteiger partial charge in [0, 0.05) is 16.7 Å². The van der Waals surface area contributed by atoms with Crippen LogP contribution < -0.4 is 5.32 Å². The molecule has 0 spiro atoms. The molecule has 1 aromatic rings. The molecular formula is C11H12F5NS. The van der Waals surface area contributed by atoms with Crippen molar-refractivity contribution in [3.05, 3.63) is 29.8 Å². The van der Waals surface area contributed by atoms with E-state index in [1.54, 1.807) is 6.92 Å². The molecule has 0 saturated heterocycles. The molecule has 102 valence electrons. The predicted octanol–water partition coefficient (Wildman–Crippen LogP) is 3.60. The maximum Gasteiger partial charge on any atom is 0.401 e. The van der Waals surface area contributed by atoms with Gasteiger partial charge in [0.1, 0.15) is 11.6 Å². The average Bonchev–Trinajstić information content (AvgIpc) is 2.21. The first kappa shape index (κ1) is 15.2. The molecule has 0 bridgehead atoms. The van der Waals surface area contributed by atoms with Crippen LogP contribution in [0.25, 0.3) is 0 Å². The Labute approximate surface area is 106 Å². The summed E-state index contributed by atoms with van der Waals surface area (Å²) in [6, 6.07) is 3.01. The molecule has 1 nitrogen and oxygen atoms in total. The van der Waals surface area contributed by atoms with E-state index in [9.17, 15) is 22.0 Å². The third kappa shape index (κ3) is 5.68. The summed E-state index contributed by atoms with van der Waals surface area (Å²) >= 11 is 0.990. The van der Waals surface area contributed by atoms with E-state index in [1.807, 2.05) is 0 Å². The highest BCUT2D eigenvalue weighted by molar-refractivity contribution is 8.00. The number of halogens is 5. The Morgan fingerprint density at radius 2 is 1.94 bits per heavy atom. The molecule has 1 N–H and O–H groups in total. The van der Waals surface area contributed by atoms with Gasteiger partial charge in [-0.05, 0) is 18.2 Å². The number of benzene rings is 1. The van der Waals surface area contributed by atoms with E-state index in [0.29, 0.717) is 0 Å². The first-order valence-electron chi connectivity index (χ1n) is 5.17. The molecule has 1 rings (SSSR count). The van der Waals surface area contributed by atoms with Crippen molar-refractivity contribution < 1.29 is 22.0 Å². The van der Waals surface area contributed by atoms with Crippen molar-refractivity contribution in [3.8, 4) is 0 Å². The molecule has 1 unspecified atom stereocenters. The molecule has 0 fully saturated rings. The lowest BCUT2D eigenvalue weighted by atomic mass is 10.3. The summed E-state index contributed by atoms with van der Waals surface area (Å²) in [5, 5.41) is 1.92. The average molecular weight is 285 g/mol. The molecule has 1 aromatic carbocycles. The van der Waals surface area contributed by atoms with E-state index >= 15 is 0 Å². The van der Waals surface area contributed by atoms with Crippen LogP contribution >= 0.6 is 11.8 Å². The van der Waals surface area contributed by atoms with Gasteiger partial charge >= 0.3 is 6.18 Å². The fourth-order valence-electron chi connectivity index (χ4n) is 1.24. The van der Waals surface area contributed by atoms with Crippen LogP contribution in [0.5, 0.6) is 0 Å². The summed E-state index contributed by atoms with van der Waals surface area (Å²) in [5.41, 5.74) is 0. The van der Waals surface area contributed by atoms with Crippen LogP contribution in [0.4, 0.5) is 22.0 Å². The molecule has 7 heteroatoms. The van der Waals surface area contributed by atoms with Crippen LogP contribution in [-0.4, -0.2) is 24.5 Å². The molecule has 0 heterocycles. The Bertz CT molecular complexity index is 394. The number of nitrogens with one attached hydrogen (secondary N) is 1. The molecule has 0 aromatic heterocycles. The quantitative estimate of drug-likeness (QED) is 0.655. The third-order valence-electron chi connectivity index (χ3n) is 1.98. The topological polar surface area (TPSA) is 12.0 Å². The summed E-state index contributed by atoms with van der Waals surface area (Å²) in [6.07, 6.45) is -4.27. The highest BCUT2D eigenvalue weighted by atomic mass is 32.2. The normalized spacial score (nSPS) is 13.7. The van der Waals surface area contributed by atoms with Crippen LogP contribution in [-0.2, 0) is 0 Å². The lowest BCUT2D eigenvalue weighted by molar-refractivity contribution is -0.124. The fourth-order valence-corrected chi connectivity index (χ4v) is 2.24. The SMILES string of the molecule is CC(CNCC(F)(F)F)Sc1cc(F)ccc1F. The molecule has 0 amide bonds. The second-order valence-corrected chi connectivity index (χ2v) is 5.23. The number of alkyl halides is 3. The molecular weight excluding hydrogens is 273 g/mol. The minimum Gasteiger partial charge on any atom is -0.308 e. The van der Waals surface area contributed by atoms with Gasteiger partial charge in [-0.15, -0.1) is 11.8 Å². The van der Waals surface area contributed by atoms with Gasteiger partial charge in [0.2, 0.25) is 0 Å². The van der Waals surface area contributed by atoms with Gasteiger partial charge in [-0.25, -0.2) is 8.78 Å². The van der Waals surface area contributed by atoms with Crippen LogP contribution in [0.1, 0.15) is 6.92 Å². The molecule has 1 atom stereocenters. The highest BCUT2D eigenvalue weighted by Gasteiger charge is 2.26. The standard InChI is InChI=1S/C11H12F5NS/c1-7(5-17-6-11(14,15)16)18-10-4-8(12)2-3-9(10)13/h2-4,7,17H,5-6H2,1H3. The monoisotopic (exact) mass is 285 g/mol. The summed E-state index contributed by atoms with van der Waals surface area (Å²) in [6.45, 7) is 0.599. The maximum atomic E-state index is 13.3. The van der Waals surface area contributed by atoms with Crippen molar-refractivity contribution in [3.63, 3.8) is 0 Å². The van der Waals surface area contributed by atoms with Gasteiger partial charge in [0.25, 0.3) is 0 Å². The Kier molecular flexibility index (Phi) is 5.40. The van der Waals surface area contributed by atoms with Crippen molar-refractivity contribution in [2.45, 2.75) is 23.2 Å². The lowest BCUT2D eigenvalue weighted by Gasteiger charge is -2.14. The molecule has 0 aliphatic heterocycles. The second kappa shape index (κ2) is 6.38. The zero-order chi connectivity index (χ0) is 13.8. The van der Waals surface area contributed by atoms with E-state index in [-0.39, 0.29) is 16.7 Å². The maximum absolute atomic E-state index is 13.3. The van der Waals surface area contributed by atoms with Gasteiger partial charge < -0.3 is 5.32 Å². The lowest BCUT2D eigenvalue weighted by Crippen LogP contribution is -2.32. The van der Waals surface area contributed by atoms with E-state index < -0.39 is 24.4 Å². The highest BCUT2D eigenvalue weighted by Crippen LogP contribution is 2.26. The van der Waals surface area contributed by atoms with E-state index in [0.717, 1.165) is 30.0 Å². The van der Waals surface area contributed by atoms with Crippen molar-refractivity contribution in [1.82, 2.24) is 5.32 Å². The Balaban J connectivity index is 2.44. The molecule has 0 saturated carbocycles. The Morgan fingerprint density at radius 1 is 1.28 bits per heavy atom. The van der Waals surface area contributed by atoms with Gasteiger partial charge in [0.05, 0.1) is 6.54 Å². The largest absolute Gasteiger partial charge is 0.401 e. The minimum absolute atomic E-state index is 0.0557. The van der Waals surface area contributed by atoms with E-state index in [4.69, 9.17) is 0 Å². The van der Waals surface area contributed by atoms with Crippen molar-refractivity contribution in [1.29, 1.82) is 0 Å². The number of hydrogen-bond donors (Lipinski definition) is 1. The van der Waals surface area contributed by atoms with Crippen LogP contribution in [0.3, 0.4) is 0 Å². The second-order valence-electron chi connectivity index (χ2n) is 3.75. The first-order chi connectivity index (χ1) is 8.28. The third-order valence-corrected chi connectivity index (χ3v) is 3.11. The zero-order valence-electron chi connectivity index (χ0n) is 9.52. The number of thioether (sulfide) groups is 1. The molecule has 0 aliphatic carbocycles.